The van der Waals surface area contributed by atoms with Crippen molar-refractivity contribution in [1.82, 2.24) is 5.32 Å². The van der Waals surface area contributed by atoms with Gasteiger partial charge in [0.25, 0.3) is 0 Å². The number of hydrogen-bond acceptors (Lipinski definition) is 2. The Morgan fingerprint density at radius 2 is 2.08 bits per heavy atom. The quantitative estimate of drug-likeness (QED) is 0.694. The molecule has 0 saturated heterocycles. The maximum absolute atomic E-state index is 6.01. The van der Waals surface area contributed by atoms with Gasteiger partial charge in [-0.2, -0.15) is 0 Å². The molecule has 3 N–H and O–H groups in total. The summed E-state index contributed by atoms with van der Waals surface area (Å²) in [5.74, 6) is 1.71. The molecule has 2 rings (SSSR count). The van der Waals surface area contributed by atoms with E-state index in [4.69, 9.17) is 5.73 Å². The van der Waals surface area contributed by atoms with Crippen molar-refractivity contribution in [2.24, 2.45) is 17.6 Å². The zero-order valence-corrected chi connectivity index (χ0v) is 8.63. The first kappa shape index (κ1) is 9.47. The molecule has 2 aliphatic rings. The largest absolute Gasteiger partial charge is 0.327 e. The summed E-state index contributed by atoms with van der Waals surface area (Å²) in [4.78, 5) is 0. The van der Waals surface area contributed by atoms with Crippen LogP contribution in [0.25, 0.3) is 0 Å². The van der Waals surface area contributed by atoms with E-state index < -0.39 is 0 Å². The van der Waals surface area contributed by atoms with E-state index in [-0.39, 0.29) is 0 Å². The molecular formula is C11H22N2. The first-order chi connectivity index (χ1) is 6.25. The molecule has 0 radical (unpaired) electrons. The lowest BCUT2D eigenvalue weighted by Gasteiger charge is -2.34. The Morgan fingerprint density at radius 1 is 1.31 bits per heavy atom. The van der Waals surface area contributed by atoms with Gasteiger partial charge in [0.15, 0.2) is 0 Å². The lowest BCUT2D eigenvalue weighted by atomic mass is 9.81. The summed E-state index contributed by atoms with van der Waals surface area (Å²) >= 11 is 0. The molecule has 0 aromatic carbocycles. The Labute approximate surface area is 81.3 Å². The highest BCUT2D eigenvalue weighted by molar-refractivity contribution is 4.86. The molecule has 2 atom stereocenters. The fourth-order valence-electron chi connectivity index (χ4n) is 2.71. The van der Waals surface area contributed by atoms with Crippen molar-refractivity contribution in [2.75, 3.05) is 6.54 Å². The summed E-state index contributed by atoms with van der Waals surface area (Å²) < 4.78 is 0. The van der Waals surface area contributed by atoms with Gasteiger partial charge in [0.2, 0.25) is 0 Å². The third kappa shape index (κ3) is 2.23. The summed E-state index contributed by atoms with van der Waals surface area (Å²) in [6, 6.07) is 1.28. The summed E-state index contributed by atoms with van der Waals surface area (Å²) in [5, 5.41) is 3.64. The average molecular weight is 182 g/mol. The summed E-state index contributed by atoms with van der Waals surface area (Å²) in [6.07, 6.45) is 6.68. The third-order valence-corrected chi connectivity index (χ3v) is 3.76. The van der Waals surface area contributed by atoms with Gasteiger partial charge in [-0.25, -0.2) is 0 Å². The second-order valence-corrected chi connectivity index (χ2v) is 5.04. The van der Waals surface area contributed by atoms with E-state index in [0.717, 1.165) is 17.9 Å². The molecule has 0 spiro atoms. The van der Waals surface area contributed by atoms with Crippen LogP contribution in [0.15, 0.2) is 0 Å². The van der Waals surface area contributed by atoms with Crippen molar-refractivity contribution >= 4 is 0 Å². The van der Waals surface area contributed by atoms with Crippen LogP contribution < -0.4 is 11.1 Å². The Hall–Kier alpha value is -0.0800. The van der Waals surface area contributed by atoms with Gasteiger partial charge in [0.05, 0.1) is 0 Å². The van der Waals surface area contributed by atoms with Gasteiger partial charge < -0.3 is 11.1 Å². The van der Waals surface area contributed by atoms with E-state index in [1.807, 2.05) is 0 Å². The van der Waals surface area contributed by atoms with Crippen LogP contribution in [0.1, 0.15) is 39.0 Å². The van der Waals surface area contributed by atoms with Gasteiger partial charge in [-0.3, -0.25) is 0 Å². The normalized spacial score (nSPS) is 44.8. The molecule has 76 valence electrons. The van der Waals surface area contributed by atoms with E-state index in [9.17, 15) is 0 Å². The molecule has 0 bridgehead atoms. The van der Waals surface area contributed by atoms with Gasteiger partial charge in [-0.15, -0.1) is 0 Å². The van der Waals surface area contributed by atoms with Crippen LogP contribution >= 0.6 is 0 Å². The molecule has 2 unspecified atom stereocenters. The zero-order valence-electron chi connectivity index (χ0n) is 8.63. The monoisotopic (exact) mass is 182 g/mol. The smallest absolute Gasteiger partial charge is 0.00792 e. The maximum atomic E-state index is 6.01. The molecule has 2 saturated carbocycles. The highest BCUT2D eigenvalue weighted by Crippen LogP contribution is 2.28. The number of rotatable bonds is 3. The lowest BCUT2D eigenvalue weighted by molar-refractivity contribution is 0.229. The summed E-state index contributed by atoms with van der Waals surface area (Å²) in [7, 11) is 0. The fourth-order valence-corrected chi connectivity index (χ4v) is 2.71. The molecule has 13 heavy (non-hydrogen) atoms. The van der Waals surface area contributed by atoms with Crippen molar-refractivity contribution in [1.29, 1.82) is 0 Å². The molecule has 2 nitrogen and oxygen atoms in total. The Kier molecular flexibility index (Phi) is 2.89. The van der Waals surface area contributed by atoms with Crippen LogP contribution in [0.4, 0.5) is 0 Å². The Balaban J connectivity index is 1.62. The zero-order chi connectivity index (χ0) is 9.26. The number of hydrogen-bond donors (Lipinski definition) is 2. The van der Waals surface area contributed by atoms with Gasteiger partial charge in [0, 0.05) is 12.1 Å². The highest BCUT2D eigenvalue weighted by atomic mass is 14.9. The Morgan fingerprint density at radius 3 is 2.62 bits per heavy atom. The van der Waals surface area contributed by atoms with Gasteiger partial charge in [0.1, 0.15) is 0 Å². The summed E-state index contributed by atoms with van der Waals surface area (Å²) in [6.45, 7) is 3.50. The molecule has 2 fully saturated rings. The first-order valence-corrected chi connectivity index (χ1v) is 5.74. The van der Waals surface area contributed by atoms with Crippen molar-refractivity contribution in [3.05, 3.63) is 0 Å². The highest BCUT2D eigenvalue weighted by Gasteiger charge is 2.28. The van der Waals surface area contributed by atoms with E-state index >= 15 is 0 Å². The summed E-state index contributed by atoms with van der Waals surface area (Å²) in [5.41, 5.74) is 6.01. The minimum atomic E-state index is 0.477. The lowest BCUT2D eigenvalue weighted by Crippen LogP contribution is -2.44. The topological polar surface area (TPSA) is 38.0 Å². The van der Waals surface area contributed by atoms with Gasteiger partial charge in [-0.1, -0.05) is 13.3 Å². The molecular weight excluding hydrogens is 160 g/mol. The van der Waals surface area contributed by atoms with E-state index in [1.54, 1.807) is 0 Å². The third-order valence-electron chi connectivity index (χ3n) is 3.76. The van der Waals surface area contributed by atoms with Crippen molar-refractivity contribution < 1.29 is 0 Å². The molecule has 2 aliphatic carbocycles. The second-order valence-electron chi connectivity index (χ2n) is 5.04. The molecule has 0 heterocycles. The predicted octanol–water partition coefficient (Wildman–Crippen LogP) is 1.50. The number of nitrogens with two attached hydrogens (primary N) is 1. The molecule has 0 aromatic rings. The maximum Gasteiger partial charge on any atom is 0.00792 e. The van der Waals surface area contributed by atoms with Crippen LogP contribution in [0.3, 0.4) is 0 Å². The van der Waals surface area contributed by atoms with E-state index in [0.29, 0.717) is 6.04 Å². The van der Waals surface area contributed by atoms with Crippen LogP contribution in [0.5, 0.6) is 0 Å². The molecule has 2 heteroatoms. The van der Waals surface area contributed by atoms with E-state index in [1.165, 1.54) is 38.6 Å². The van der Waals surface area contributed by atoms with Crippen LogP contribution in [0.2, 0.25) is 0 Å². The molecule has 0 amide bonds. The van der Waals surface area contributed by atoms with Gasteiger partial charge >= 0.3 is 0 Å². The van der Waals surface area contributed by atoms with Crippen LogP contribution in [0, 0.1) is 11.8 Å². The van der Waals surface area contributed by atoms with Crippen LogP contribution in [-0.2, 0) is 0 Å². The average Bonchev–Trinajstić information content (AvgIpc) is 2.43. The van der Waals surface area contributed by atoms with Crippen LogP contribution in [-0.4, -0.2) is 18.6 Å². The predicted molar refractivity (Wildman–Crippen MR) is 55.5 cm³/mol. The standard InChI is InChI=1S/C11H22N2/c1-8-5-10(6-8)13-7-9-3-2-4-11(9)12/h8-11,13H,2-7,12H2,1H3. The number of nitrogens with one attached hydrogen (secondary N) is 1. The fraction of sp³-hybridized carbons (Fsp3) is 1.00. The molecule has 0 aromatic heterocycles. The first-order valence-electron chi connectivity index (χ1n) is 5.74. The van der Waals surface area contributed by atoms with E-state index in [2.05, 4.69) is 12.2 Å². The van der Waals surface area contributed by atoms with Crippen molar-refractivity contribution in [3.8, 4) is 0 Å². The Bertz CT molecular complexity index is 163. The van der Waals surface area contributed by atoms with Crippen molar-refractivity contribution in [3.63, 3.8) is 0 Å². The second kappa shape index (κ2) is 3.97. The minimum Gasteiger partial charge on any atom is -0.327 e. The van der Waals surface area contributed by atoms with Gasteiger partial charge in [-0.05, 0) is 44.1 Å². The molecule has 0 aliphatic heterocycles. The van der Waals surface area contributed by atoms with Crippen molar-refractivity contribution in [2.45, 2.75) is 51.1 Å². The SMILES string of the molecule is CC1CC(NCC2CCCC2N)C1. The minimum absolute atomic E-state index is 0.477.